The van der Waals surface area contributed by atoms with Crippen molar-refractivity contribution in [2.45, 2.75) is 28.4 Å². The molecule has 1 spiro atoms. The lowest BCUT2D eigenvalue weighted by molar-refractivity contribution is -0.0787. The summed E-state index contributed by atoms with van der Waals surface area (Å²) in [4.78, 5) is 1.06. The van der Waals surface area contributed by atoms with Crippen molar-refractivity contribution in [1.82, 2.24) is 8.61 Å². The lowest BCUT2D eigenvalue weighted by Crippen LogP contribution is -2.53. The molecule has 2 aromatic carbocycles. The number of hydrogen-bond donors (Lipinski definition) is 0. The summed E-state index contributed by atoms with van der Waals surface area (Å²) in [6, 6.07) is 6.77. The predicted molar refractivity (Wildman–Crippen MR) is 141 cm³/mol. The highest BCUT2D eigenvalue weighted by Crippen LogP contribution is 2.43. The largest absolute Gasteiger partial charge is 0.493 e. The molecule has 210 valence electrons. The SMILES string of the molecule is COc1cc(S(=O)N2CCC3(CC2)OCCN3S(=O)c2cc(OC)c(OC)c(OC)c2)cc(OC)c1OC. The lowest BCUT2D eigenvalue weighted by Gasteiger charge is -2.42. The molecule has 2 atom stereocenters. The van der Waals surface area contributed by atoms with Crippen molar-refractivity contribution in [3.8, 4) is 34.5 Å². The summed E-state index contributed by atoms with van der Waals surface area (Å²) >= 11 is 0. The van der Waals surface area contributed by atoms with Crippen molar-refractivity contribution in [1.29, 1.82) is 0 Å². The van der Waals surface area contributed by atoms with Crippen LogP contribution in [0.3, 0.4) is 0 Å². The molecule has 4 rings (SSSR count). The molecule has 2 aliphatic rings. The molecule has 0 aromatic heterocycles. The zero-order chi connectivity index (χ0) is 27.4. The molecule has 0 radical (unpaired) electrons. The van der Waals surface area contributed by atoms with Crippen LogP contribution in [0, 0.1) is 0 Å². The second kappa shape index (κ2) is 12.1. The van der Waals surface area contributed by atoms with E-state index in [-0.39, 0.29) is 0 Å². The molecule has 11 nitrogen and oxygen atoms in total. The van der Waals surface area contributed by atoms with Crippen molar-refractivity contribution in [2.24, 2.45) is 0 Å². The second-order valence-electron chi connectivity index (χ2n) is 8.55. The van der Waals surface area contributed by atoms with Crippen LogP contribution in [-0.2, 0) is 26.7 Å². The molecule has 2 fully saturated rings. The third-order valence-corrected chi connectivity index (χ3v) is 9.77. The summed E-state index contributed by atoms with van der Waals surface area (Å²) in [7, 11) is 6.12. The molecule has 13 heteroatoms. The highest BCUT2D eigenvalue weighted by Gasteiger charge is 2.48. The van der Waals surface area contributed by atoms with Crippen molar-refractivity contribution in [3.05, 3.63) is 24.3 Å². The molecule has 0 N–H and O–H groups in total. The smallest absolute Gasteiger partial charge is 0.203 e. The Labute approximate surface area is 228 Å². The number of ether oxygens (including phenoxy) is 7. The van der Waals surface area contributed by atoms with Crippen LogP contribution in [0.2, 0.25) is 0 Å². The van der Waals surface area contributed by atoms with Crippen LogP contribution in [0.5, 0.6) is 34.5 Å². The first-order valence-corrected chi connectivity index (χ1v) is 14.2. The number of hydrogen-bond acceptors (Lipinski definition) is 9. The molecule has 0 bridgehead atoms. The summed E-state index contributed by atoms with van der Waals surface area (Å²) in [6.45, 7) is 1.91. The van der Waals surface area contributed by atoms with E-state index in [1.54, 1.807) is 24.3 Å². The highest BCUT2D eigenvalue weighted by molar-refractivity contribution is 7.83. The van der Waals surface area contributed by atoms with Gasteiger partial charge in [-0.25, -0.2) is 12.7 Å². The van der Waals surface area contributed by atoms with Gasteiger partial charge in [-0.15, -0.1) is 0 Å². The normalized spacial score (nSPS) is 19.1. The molecule has 2 aromatic rings. The van der Waals surface area contributed by atoms with Crippen molar-refractivity contribution >= 4 is 22.0 Å². The molecule has 0 aliphatic carbocycles. The molecule has 38 heavy (non-hydrogen) atoms. The Bertz CT molecular complexity index is 1150. The van der Waals surface area contributed by atoms with Gasteiger partial charge in [-0.3, -0.25) is 0 Å². The summed E-state index contributed by atoms with van der Waals surface area (Å²) in [5.41, 5.74) is -0.735. The van der Waals surface area contributed by atoms with Gasteiger partial charge in [0.15, 0.2) is 23.0 Å². The standard InChI is InChI=1S/C25H34N2O9S2/c1-30-19-13-17(14-20(31-2)23(19)34-5)37(28)26-9-7-25(8-10-26)27(11-12-36-25)38(29)18-15-21(32-3)24(35-6)22(16-18)33-4/h13-16H,7-12H2,1-6H3. The van der Waals surface area contributed by atoms with Crippen molar-refractivity contribution in [3.63, 3.8) is 0 Å². The fourth-order valence-corrected chi connectivity index (χ4v) is 7.49. The summed E-state index contributed by atoms with van der Waals surface area (Å²) < 4.78 is 69.7. The van der Waals surface area contributed by atoms with Crippen LogP contribution >= 0.6 is 0 Å². The zero-order valence-corrected chi connectivity index (χ0v) is 24.1. The van der Waals surface area contributed by atoms with Gasteiger partial charge in [0.2, 0.25) is 11.5 Å². The fourth-order valence-electron chi connectivity index (χ4n) is 4.82. The third-order valence-electron chi connectivity index (χ3n) is 6.74. The van der Waals surface area contributed by atoms with E-state index in [2.05, 4.69) is 0 Å². The Morgan fingerprint density at radius 1 is 0.658 bits per heavy atom. The van der Waals surface area contributed by atoms with E-state index in [1.807, 2.05) is 8.61 Å². The van der Waals surface area contributed by atoms with E-state index < -0.39 is 27.7 Å². The molecular formula is C25H34N2O9S2. The minimum Gasteiger partial charge on any atom is -0.493 e. The molecule has 0 saturated carbocycles. The predicted octanol–water partition coefficient (Wildman–Crippen LogP) is 2.61. The Kier molecular flexibility index (Phi) is 9.04. The van der Waals surface area contributed by atoms with Gasteiger partial charge in [0.25, 0.3) is 0 Å². The van der Waals surface area contributed by atoms with Gasteiger partial charge >= 0.3 is 0 Å². The first kappa shape index (κ1) is 28.4. The quantitative estimate of drug-likeness (QED) is 0.426. The van der Waals surface area contributed by atoms with Gasteiger partial charge in [-0.05, 0) is 0 Å². The zero-order valence-electron chi connectivity index (χ0n) is 22.4. The van der Waals surface area contributed by atoms with Gasteiger partial charge in [-0.1, -0.05) is 0 Å². The number of benzene rings is 2. The minimum absolute atomic E-state index is 0.430. The van der Waals surface area contributed by atoms with Crippen LogP contribution in [0.25, 0.3) is 0 Å². The maximum Gasteiger partial charge on any atom is 0.203 e. The second-order valence-corrected chi connectivity index (χ2v) is 11.4. The van der Waals surface area contributed by atoms with Gasteiger partial charge in [0, 0.05) is 56.7 Å². The van der Waals surface area contributed by atoms with E-state index in [4.69, 9.17) is 33.2 Å². The Morgan fingerprint density at radius 2 is 1.08 bits per heavy atom. The first-order valence-electron chi connectivity index (χ1n) is 12.0. The van der Waals surface area contributed by atoms with Gasteiger partial charge in [0.05, 0.1) is 59.1 Å². The summed E-state index contributed by atoms with van der Waals surface area (Å²) in [6.07, 6.45) is 1.05. The van der Waals surface area contributed by atoms with Crippen LogP contribution in [0.1, 0.15) is 12.8 Å². The number of rotatable bonds is 10. The average molecular weight is 571 g/mol. The average Bonchev–Trinajstić information content (AvgIpc) is 3.37. The van der Waals surface area contributed by atoms with Crippen molar-refractivity contribution in [2.75, 3.05) is 68.9 Å². The van der Waals surface area contributed by atoms with Crippen molar-refractivity contribution < 1.29 is 41.6 Å². The number of methoxy groups -OCH3 is 6. The molecule has 0 amide bonds. The Hall–Kier alpha value is -2.58. The molecule has 2 aliphatic heterocycles. The van der Waals surface area contributed by atoms with Gasteiger partial charge in [-0.2, -0.15) is 4.31 Å². The fraction of sp³-hybridized carbons (Fsp3) is 0.520. The van der Waals surface area contributed by atoms with E-state index in [1.165, 1.54) is 42.7 Å². The molecule has 2 saturated heterocycles. The monoisotopic (exact) mass is 570 g/mol. The van der Waals surface area contributed by atoms with E-state index in [0.29, 0.717) is 83.4 Å². The molecule has 2 heterocycles. The van der Waals surface area contributed by atoms with Crippen LogP contribution in [0.15, 0.2) is 34.1 Å². The van der Waals surface area contributed by atoms with Gasteiger partial charge < -0.3 is 33.2 Å². The lowest BCUT2D eigenvalue weighted by atomic mass is 10.0. The van der Waals surface area contributed by atoms with E-state index in [0.717, 1.165) is 0 Å². The van der Waals surface area contributed by atoms with Crippen LogP contribution < -0.4 is 28.4 Å². The third kappa shape index (κ3) is 5.17. The topological polar surface area (TPSA) is 105 Å². The minimum atomic E-state index is -1.55. The highest BCUT2D eigenvalue weighted by atomic mass is 32.2. The summed E-state index contributed by atoms with van der Waals surface area (Å²) in [5.74, 6) is 2.62. The number of piperidine rings is 1. The van der Waals surface area contributed by atoms with Gasteiger partial charge in [0.1, 0.15) is 27.7 Å². The first-order chi connectivity index (χ1) is 18.4. The Balaban J connectivity index is 1.53. The van der Waals surface area contributed by atoms with E-state index in [9.17, 15) is 8.42 Å². The maximum atomic E-state index is 13.8. The Morgan fingerprint density at radius 3 is 1.47 bits per heavy atom. The maximum absolute atomic E-state index is 13.8. The van der Waals surface area contributed by atoms with Crippen LogP contribution in [-0.4, -0.2) is 91.7 Å². The molecule has 2 unspecified atom stereocenters. The van der Waals surface area contributed by atoms with E-state index >= 15 is 0 Å². The summed E-state index contributed by atoms with van der Waals surface area (Å²) in [5, 5.41) is 0. The van der Waals surface area contributed by atoms with Crippen LogP contribution in [0.4, 0.5) is 0 Å². The number of nitrogens with zero attached hydrogens (tertiary/aromatic N) is 2. The molecular weight excluding hydrogens is 536 g/mol.